The maximum atomic E-state index is 12.7. The summed E-state index contributed by atoms with van der Waals surface area (Å²) < 4.78 is 34.2. The molecule has 1 N–H and O–H groups in total. The van der Waals surface area contributed by atoms with Gasteiger partial charge in [0.15, 0.2) is 11.5 Å². The highest BCUT2D eigenvalue weighted by atomic mass is 19.3. The Balaban J connectivity index is 2.27. The molecule has 2 rings (SSSR count). The molecular formula is C20H22F2N2O4. The first-order chi connectivity index (χ1) is 13.4. The third-order valence-electron chi connectivity index (χ3n) is 4.10. The van der Waals surface area contributed by atoms with Gasteiger partial charge in [-0.2, -0.15) is 8.78 Å². The van der Waals surface area contributed by atoms with Crippen molar-refractivity contribution in [2.75, 3.05) is 25.5 Å². The molecule has 0 saturated heterocycles. The molecule has 0 bridgehead atoms. The Morgan fingerprint density at radius 1 is 1.07 bits per heavy atom. The van der Waals surface area contributed by atoms with Gasteiger partial charge in [-0.1, -0.05) is 12.1 Å². The van der Waals surface area contributed by atoms with E-state index in [0.29, 0.717) is 24.3 Å². The zero-order valence-electron chi connectivity index (χ0n) is 15.9. The highest BCUT2D eigenvalue weighted by molar-refractivity contribution is 6.09. The summed E-state index contributed by atoms with van der Waals surface area (Å²) in [6, 6.07) is 10.5. The number of ether oxygens (including phenoxy) is 2. The van der Waals surface area contributed by atoms with Crippen molar-refractivity contribution in [3.63, 3.8) is 0 Å². The van der Waals surface area contributed by atoms with Crippen molar-refractivity contribution in [2.45, 2.75) is 20.5 Å². The number of amides is 2. The van der Waals surface area contributed by atoms with Gasteiger partial charge in [0.1, 0.15) is 0 Å². The van der Waals surface area contributed by atoms with Crippen LogP contribution in [0.15, 0.2) is 42.5 Å². The summed E-state index contributed by atoms with van der Waals surface area (Å²) in [4.78, 5) is 26.9. The molecule has 150 valence electrons. The Bertz CT molecular complexity index is 839. The Kier molecular flexibility index (Phi) is 7.31. The van der Waals surface area contributed by atoms with E-state index in [4.69, 9.17) is 4.74 Å². The molecule has 0 spiro atoms. The predicted octanol–water partition coefficient (Wildman–Crippen LogP) is 4.03. The second-order valence-corrected chi connectivity index (χ2v) is 5.72. The first kappa shape index (κ1) is 21.1. The first-order valence-corrected chi connectivity index (χ1v) is 8.73. The van der Waals surface area contributed by atoms with E-state index in [1.54, 1.807) is 29.2 Å². The molecule has 0 aromatic heterocycles. The number of hydrogen-bond acceptors (Lipinski definition) is 4. The summed E-state index contributed by atoms with van der Waals surface area (Å²) in [5.41, 5.74) is 0.893. The summed E-state index contributed by atoms with van der Waals surface area (Å²) >= 11 is 0. The van der Waals surface area contributed by atoms with Crippen molar-refractivity contribution in [2.24, 2.45) is 0 Å². The van der Waals surface area contributed by atoms with E-state index in [2.05, 4.69) is 10.1 Å². The summed E-state index contributed by atoms with van der Waals surface area (Å²) in [5.74, 6) is -0.882. The summed E-state index contributed by atoms with van der Waals surface area (Å²) in [5, 5.41) is 2.69. The van der Waals surface area contributed by atoms with Crippen molar-refractivity contribution < 1.29 is 27.8 Å². The molecule has 0 aliphatic carbocycles. The van der Waals surface area contributed by atoms with Gasteiger partial charge in [0.25, 0.3) is 11.8 Å². The number of carbonyl (C=O) groups excluding carboxylic acids is 2. The fourth-order valence-corrected chi connectivity index (χ4v) is 2.66. The van der Waals surface area contributed by atoms with Crippen molar-refractivity contribution >= 4 is 17.5 Å². The van der Waals surface area contributed by atoms with Gasteiger partial charge >= 0.3 is 6.61 Å². The second kappa shape index (κ2) is 9.68. The van der Waals surface area contributed by atoms with Crippen LogP contribution >= 0.6 is 0 Å². The average molecular weight is 392 g/mol. The Morgan fingerprint density at radius 3 is 2.36 bits per heavy atom. The molecule has 0 unspecified atom stereocenters. The number of methoxy groups -OCH3 is 1. The van der Waals surface area contributed by atoms with Crippen LogP contribution in [0.2, 0.25) is 0 Å². The molecule has 0 radical (unpaired) electrons. The van der Waals surface area contributed by atoms with Crippen LogP contribution in [0.3, 0.4) is 0 Å². The lowest BCUT2D eigenvalue weighted by Crippen LogP contribution is -2.31. The molecule has 2 aromatic carbocycles. The lowest BCUT2D eigenvalue weighted by Gasteiger charge is -2.20. The number of halogens is 2. The fourth-order valence-electron chi connectivity index (χ4n) is 2.66. The van der Waals surface area contributed by atoms with E-state index in [-0.39, 0.29) is 23.0 Å². The van der Waals surface area contributed by atoms with Crippen LogP contribution in [0.1, 0.15) is 34.6 Å². The van der Waals surface area contributed by atoms with E-state index in [0.717, 1.165) is 0 Å². The number of hydrogen-bond donors (Lipinski definition) is 1. The summed E-state index contributed by atoms with van der Waals surface area (Å²) in [6.07, 6.45) is 0. The van der Waals surface area contributed by atoms with Gasteiger partial charge in [-0.25, -0.2) is 0 Å². The van der Waals surface area contributed by atoms with Gasteiger partial charge in [-0.3, -0.25) is 9.59 Å². The van der Waals surface area contributed by atoms with Crippen LogP contribution in [0.25, 0.3) is 0 Å². The molecule has 2 amide bonds. The standard InChI is InChI=1S/C20H22F2N2O4/c1-4-24(5-2)19(26)14-8-6-7-9-15(14)23-18(25)13-10-11-16(28-20(21)22)17(12-13)27-3/h6-12,20H,4-5H2,1-3H3,(H,23,25). The third-order valence-corrected chi connectivity index (χ3v) is 4.10. The van der Waals surface area contributed by atoms with E-state index < -0.39 is 12.5 Å². The lowest BCUT2D eigenvalue weighted by molar-refractivity contribution is -0.0512. The van der Waals surface area contributed by atoms with Gasteiger partial charge in [0.05, 0.1) is 18.4 Å². The Hall–Kier alpha value is -3.16. The van der Waals surface area contributed by atoms with Crippen molar-refractivity contribution in [1.29, 1.82) is 0 Å². The van der Waals surface area contributed by atoms with Crippen molar-refractivity contribution in [3.05, 3.63) is 53.6 Å². The Labute approximate surface area is 162 Å². The molecule has 0 aliphatic heterocycles. The first-order valence-electron chi connectivity index (χ1n) is 8.73. The van der Waals surface area contributed by atoms with E-state index in [1.165, 1.54) is 25.3 Å². The zero-order chi connectivity index (χ0) is 20.7. The molecule has 8 heteroatoms. The van der Waals surface area contributed by atoms with E-state index >= 15 is 0 Å². The molecule has 0 saturated carbocycles. The minimum absolute atomic E-state index is 0.000419. The van der Waals surface area contributed by atoms with Gasteiger partial charge in [-0.15, -0.1) is 0 Å². The number of alkyl halides is 2. The number of para-hydroxylation sites is 1. The molecule has 0 fully saturated rings. The topological polar surface area (TPSA) is 67.9 Å². The van der Waals surface area contributed by atoms with Crippen molar-refractivity contribution in [3.8, 4) is 11.5 Å². The minimum Gasteiger partial charge on any atom is -0.493 e. The molecule has 6 nitrogen and oxygen atoms in total. The monoisotopic (exact) mass is 392 g/mol. The highest BCUT2D eigenvalue weighted by Crippen LogP contribution is 2.30. The maximum absolute atomic E-state index is 12.7. The van der Waals surface area contributed by atoms with Crippen LogP contribution in [0.5, 0.6) is 11.5 Å². The molecule has 0 heterocycles. The number of nitrogens with zero attached hydrogens (tertiary/aromatic N) is 1. The smallest absolute Gasteiger partial charge is 0.387 e. The highest BCUT2D eigenvalue weighted by Gasteiger charge is 2.19. The molecule has 28 heavy (non-hydrogen) atoms. The number of carbonyl (C=O) groups is 2. The Morgan fingerprint density at radius 2 is 1.75 bits per heavy atom. The van der Waals surface area contributed by atoms with Crippen molar-refractivity contribution in [1.82, 2.24) is 4.90 Å². The molecular weight excluding hydrogens is 370 g/mol. The van der Waals surface area contributed by atoms with Crippen LogP contribution in [0, 0.1) is 0 Å². The van der Waals surface area contributed by atoms with Crippen LogP contribution in [0.4, 0.5) is 14.5 Å². The van der Waals surface area contributed by atoms with Crippen LogP contribution in [-0.4, -0.2) is 43.5 Å². The lowest BCUT2D eigenvalue weighted by atomic mass is 10.1. The molecule has 2 aromatic rings. The van der Waals surface area contributed by atoms with E-state index in [1.807, 2.05) is 13.8 Å². The summed E-state index contributed by atoms with van der Waals surface area (Å²) in [7, 11) is 1.29. The van der Waals surface area contributed by atoms with Gasteiger partial charge in [0.2, 0.25) is 0 Å². The number of nitrogens with one attached hydrogen (secondary N) is 1. The average Bonchev–Trinajstić information content (AvgIpc) is 2.69. The third kappa shape index (κ3) is 4.97. The normalized spacial score (nSPS) is 10.5. The quantitative estimate of drug-likeness (QED) is 0.737. The van der Waals surface area contributed by atoms with Gasteiger partial charge in [0, 0.05) is 18.7 Å². The minimum atomic E-state index is -3.01. The predicted molar refractivity (Wildman–Crippen MR) is 101 cm³/mol. The zero-order valence-corrected chi connectivity index (χ0v) is 15.9. The number of anilines is 1. The van der Waals surface area contributed by atoms with Crippen LogP contribution in [-0.2, 0) is 0 Å². The van der Waals surface area contributed by atoms with Crippen LogP contribution < -0.4 is 14.8 Å². The maximum Gasteiger partial charge on any atom is 0.387 e. The SMILES string of the molecule is CCN(CC)C(=O)c1ccccc1NC(=O)c1ccc(OC(F)F)c(OC)c1. The number of benzene rings is 2. The largest absolute Gasteiger partial charge is 0.493 e. The number of rotatable bonds is 8. The van der Waals surface area contributed by atoms with Gasteiger partial charge in [-0.05, 0) is 44.2 Å². The van der Waals surface area contributed by atoms with E-state index in [9.17, 15) is 18.4 Å². The fraction of sp³-hybridized carbons (Fsp3) is 0.300. The molecule has 0 atom stereocenters. The van der Waals surface area contributed by atoms with Gasteiger partial charge < -0.3 is 19.7 Å². The molecule has 0 aliphatic rings. The second-order valence-electron chi connectivity index (χ2n) is 5.72. The summed E-state index contributed by atoms with van der Waals surface area (Å²) in [6.45, 7) is 1.82.